The van der Waals surface area contributed by atoms with E-state index in [1.165, 1.54) is 0 Å². The number of para-hydroxylation sites is 1. The Labute approximate surface area is 139 Å². The van der Waals surface area contributed by atoms with Crippen LogP contribution in [0, 0.1) is 0 Å². The number of anilines is 1. The molecule has 0 saturated heterocycles. The standard InChI is InChI=1S/C18H18N2O4/c21-14-9-23-15-4-2-1-3-12(15)18(14)19-8-11-5-6-16-13(7-11)20-17(22)10-24-16/h1-7,14,18-19,21H,8-10H2,(H,20,22)/t14-,18+/m1/s1. The van der Waals surface area contributed by atoms with Gasteiger partial charge in [0, 0.05) is 12.1 Å². The zero-order valence-electron chi connectivity index (χ0n) is 13.0. The summed E-state index contributed by atoms with van der Waals surface area (Å²) in [5, 5.41) is 16.4. The molecular formula is C18H18N2O4. The third-order valence-corrected chi connectivity index (χ3v) is 4.25. The topological polar surface area (TPSA) is 79.8 Å². The molecule has 0 saturated carbocycles. The summed E-state index contributed by atoms with van der Waals surface area (Å²) in [6, 6.07) is 13.2. The first-order valence-corrected chi connectivity index (χ1v) is 7.89. The molecule has 3 N–H and O–H groups in total. The van der Waals surface area contributed by atoms with Gasteiger partial charge in [0.1, 0.15) is 24.2 Å². The van der Waals surface area contributed by atoms with Gasteiger partial charge in [0.05, 0.1) is 11.7 Å². The number of carbonyl (C=O) groups excluding carboxylic acids is 1. The minimum atomic E-state index is -0.611. The van der Waals surface area contributed by atoms with Crippen molar-refractivity contribution in [3.63, 3.8) is 0 Å². The Morgan fingerprint density at radius 2 is 2.04 bits per heavy atom. The Kier molecular flexibility index (Phi) is 3.84. The summed E-state index contributed by atoms with van der Waals surface area (Å²) in [5.74, 6) is 1.32. The summed E-state index contributed by atoms with van der Waals surface area (Å²) < 4.78 is 10.9. The number of fused-ring (bicyclic) bond motifs is 2. The Morgan fingerprint density at radius 3 is 2.96 bits per heavy atom. The number of aliphatic hydroxyl groups is 1. The number of aliphatic hydroxyl groups excluding tert-OH is 1. The van der Waals surface area contributed by atoms with Crippen LogP contribution in [0.4, 0.5) is 5.69 Å². The van der Waals surface area contributed by atoms with E-state index in [0.717, 1.165) is 16.9 Å². The minimum Gasteiger partial charge on any atom is -0.490 e. The lowest BCUT2D eigenvalue weighted by Gasteiger charge is -2.31. The number of ether oxygens (including phenoxy) is 2. The predicted octanol–water partition coefficient (Wildman–Crippen LogP) is 1.60. The number of carbonyl (C=O) groups is 1. The van der Waals surface area contributed by atoms with Crippen molar-refractivity contribution in [2.45, 2.75) is 18.7 Å². The first-order valence-electron chi connectivity index (χ1n) is 7.89. The van der Waals surface area contributed by atoms with Gasteiger partial charge in [-0.05, 0) is 23.8 Å². The van der Waals surface area contributed by atoms with Crippen LogP contribution in [0.3, 0.4) is 0 Å². The molecule has 0 bridgehead atoms. The van der Waals surface area contributed by atoms with Crippen LogP contribution < -0.4 is 20.1 Å². The number of amides is 1. The number of benzene rings is 2. The summed E-state index contributed by atoms with van der Waals surface area (Å²) in [5.41, 5.74) is 2.63. The highest BCUT2D eigenvalue weighted by Crippen LogP contribution is 2.33. The van der Waals surface area contributed by atoms with Crippen LogP contribution in [-0.4, -0.2) is 30.3 Å². The molecule has 0 aliphatic carbocycles. The van der Waals surface area contributed by atoms with E-state index in [1.807, 2.05) is 42.5 Å². The minimum absolute atomic E-state index is 0.0512. The number of rotatable bonds is 3. The van der Waals surface area contributed by atoms with Gasteiger partial charge < -0.3 is 25.2 Å². The molecule has 6 heteroatoms. The third kappa shape index (κ3) is 2.81. The van der Waals surface area contributed by atoms with Crippen LogP contribution in [0.25, 0.3) is 0 Å². The van der Waals surface area contributed by atoms with Gasteiger partial charge >= 0.3 is 0 Å². The Morgan fingerprint density at radius 1 is 1.17 bits per heavy atom. The second-order valence-corrected chi connectivity index (χ2v) is 5.94. The summed E-state index contributed by atoms with van der Waals surface area (Å²) in [7, 11) is 0. The van der Waals surface area contributed by atoms with Gasteiger partial charge in [-0.2, -0.15) is 0 Å². The first-order chi connectivity index (χ1) is 11.7. The van der Waals surface area contributed by atoms with E-state index in [9.17, 15) is 9.90 Å². The lowest BCUT2D eigenvalue weighted by atomic mass is 9.98. The van der Waals surface area contributed by atoms with E-state index in [4.69, 9.17) is 9.47 Å². The van der Waals surface area contributed by atoms with Crippen molar-refractivity contribution in [2.75, 3.05) is 18.5 Å². The molecule has 0 fully saturated rings. The molecule has 0 unspecified atom stereocenters. The smallest absolute Gasteiger partial charge is 0.262 e. The number of hydrogen-bond donors (Lipinski definition) is 3. The molecule has 124 valence electrons. The molecule has 24 heavy (non-hydrogen) atoms. The van der Waals surface area contributed by atoms with Crippen molar-refractivity contribution in [3.05, 3.63) is 53.6 Å². The molecule has 4 rings (SSSR count). The van der Waals surface area contributed by atoms with Gasteiger partial charge in [0.15, 0.2) is 6.61 Å². The molecule has 2 aromatic rings. The van der Waals surface area contributed by atoms with Crippen molar-refractivity contribution in [1.82, 2.24) is 5.32 Å². The molecule has 2 heterocycles. The Bertz CT molecular complexity index is 777. The van der Waals surface area contributed by atoms with Crippen LogP contribution in [0.5, 0.6) is 11.5 Å². The highest BCUT2D eigenvalue weighted by atomic mass is 16.5. The first kappa shape index (κ1) is 15.0. The molecule has 0 radical (unpaired) electrons. The van der Waals surface area contributed by atoms with Crippen LogP contribution in [-0.2, 0) is 11.3 Å². The monoisotopic (exact) mass is 326 g/mol. The summed E-state index contributed by atoms with van der Waals surface area (Å²) in [4.78, 5) is 11.4. The van der Waals surface area contributed by atoms with Crippen LogP contribution in [0.15, 0.2) is 42.5 Å². The van der Waals surface area contributed by atoms with Crippen molar-refractivity contribution in [1.29, 1.82) is 0 Å². The van der Waals surface area contributed by atoms with Crippen LogP contribution >= 0.6 is 0 Å². The lowest BCUT2D eigenvalue weighted by Crippen LogP contribution is -2.39. The highest BCUT2D eigenvalue weighted by molar-refractivity contribution is 5.95. The molecule has 2 atom stereocenters. The van der Waals surface area contributed by atoms with E-state index in [2.05, 4.69) is 10.6 Å². The van der Waals surface area contributed by atoms with Crippen LogP contribution in [0.2, 0.25) is 0 Å². The fourth-order valence-electron chi connectivity index (χ4n) is 3.06. The SMILES string of the molecule is O=C1COc2ccc(CN[C@H]3c4ccccc4OC[C@H]3O)cc2N1. The fraction of sp³-hybridized carbons (Fsp3) is 0.278. The van der Waals surface area contributed by atoms with Crippen molar-refractivity contribution in [2.24, 2.45) is 0 Å². The molecule has 2 aromatic carbocycles. The largest absolute Gasteiger partial charge is 0.490 e. The van der Waals surface area contributed by atoms with E-state index in [-0.39, 0.29) is 25.2 Å². The molecule has 1 amide bonds. The van der Waals surface area contributed by atoms with Crippen molar-refractivity contribution in [3.8, 4) is 11.5 Å². The third-order valence-electron chi connectivity index (χ3n) is 4.25. The van der Waals surface area contributed by atoms with E-state index in [0.29, 0.717) is 18.0 Å². The van der Waals surface area contributed by atoms with Gasteiger partial charge in [-0.1, -0.05) is 24.3 Å². The van der Waals surface area contributed by atoms with E-state index < -0.39 is 6.10 Å². The fourth-order valence-corrected chi connectivity index (χ4v) is 3.06. The Hall–Kier alpha value is -2.57. The molecule has 2 aliphatic heterocycles. The number of nitrogens with one attached hydrogen (secondary N) is 2. The van der Waals surface area contributed by atoms with Crippen LogP contribution in [0.1, 0.15) is 17.2 Å². The number of hydrogen-bond acceptors (Lipinski definition) is 5. The van der Waals surface area contributed by atoms with Gasteiger partial charge in [0.2, 0.25) is 0 Å². The van der Waals surface area contributed by atoms with Crippen molar-refractivity contribution < 1.29 is 19.4 Å². The van der Waals surface area contributed by atoms with Gasteiger partial charge in [-0.15, -0.1) is 0 Å². The lowest BCUT2D eigenvalue weighted by molar-refractivity contribution is -0.118. The van der Waals surface area contributed by atoms with Gasteiger partial charge in [0.25, 0.3) is 5.91 Å². The zero-order chi connectivity index (χ0) is 16.5. The predicted molar refractivity (Wildman–Crippen MR) is 88.1 cm³/mol. The summed E-state index contributed by atoms with van der Waals surface area (Å²) in [6.07, 6.45) is -0.611. The quantitative estimate of drug-likeness (QED) is 0.798. The van der Waals surface area contributed by atoms with E-state index >= 15 is 0 Å². The van der Waals surface area contributed by atoms with E-state index in [1.54, 1.807) is 0 Å². The second-order valence-electron chi connectivity index (χ2n) is 5.94. The second kappa shape index (κ2) is 6.14. The van der Waals surface area contributed by atoms with Crippen molar-refractivity contribution >= 4 is 11.6 Å². The highest BCUT2D eigenvalue weighted by Gasteiger charge is 2.28. The van der Waals surface area contributed by atoms with Gasteiger partial charge in [-0.3, -0.25) is 4.79 Å². The average Bonchev–Trinajstić information content (AvgIpc) is 2.60. The maximum atomic E-state index is 11.4. The summed E-state index contributed by atoms with van der Waals surface area (Å²) in [6.45, 7) is 0.873. The molecule has 2 aliphatic rings. The Balaban J connectivity index is 1.51. The molecule has 0 spiro atoms. The maximum absolute atomic E-state index is 11.4. The summed E-state index contributed by atoms with van der Waals surface area (Å²) >= 11 is 0. The molecular weight excluding hydrogens is 308 g/mol. The normalized spacial score (nSPS) is 21.8. The maximum Gasteiger partial charge on any atom is 0.262 e. The molecule has 6 nitrogen and oxygen atoms in total. The zero-order valence-corrected chi connectivity index (χ0v) is 13.0. The molecule has 0 aromatic heterocycles. The van der Waals surface area contributed by atoms with Gasteiger partial charge in [-0.25, -0.2) is 0 Å². The average molecular weight is 326 g/mol.